The van der Waals surface area contributed by atoms with Crippen LogP contribution in [0.1, 0.15) is 41.0 Å². The fourth-order valence-electron chi connectivity index (χ4n) is 2.36. The second kappa shape index (κ2) is 8.70. The monoisotopic (exact) mass is 327 g/mol. The van der Waals surface area contributed by atoms with Crippen LogP contribution in [-0.4, -0.2) is 17.2 Å². The molecule has 1 aromatic carbocycles. The van der Waals surface area contributed by atoms with Crippen molar-refractivity contribution in [3.05, 3.63) is 29.3 Å². The van der Waals surface area contributed by atoms with Gasteiger partial charge in [-0.25, -0.2) is 0 Å². The van der Waals surface area contributed by atoms with E-state index in [1.165, 1.54) is 0 Å². The molecule has 0 bridgehead atoms. The highest BCUT2D eigenvalue weighted by molar-refractivity contribution is 8.00. The summed E-state index contributed by atoms with van der Waals surface area (Å²) in [5, 5.41) is 3.87. The van der Waals surface area contributed by atoms with Gasteiger partial charge in [-0.2, -0.15) is 0 Å². The second-order valence-corrected chi connectivity index (χ2v) is 7.70. The molecule has 0 aliphatic carbocycles. The van der Waals surface area contributed by atoms with E-state index in [1.807, 2.05) is 31.2 Å². The number of halogens is 1. The third-order valence-electron chi connectivity index (χ3n) is 3.50. The summed E-state index contributed by atoms with van der Waals surface area (Å²) in [6.07, 6.45) is 0.808. The molecule has 0 aliphatic rings. The molecule has 118 valence electrons. The Labute approximate surface area is 138 Å². The molecule has 1 aromatic rings. The Kier molecular flexibility index (Phi) is 7.61. The third kappa shape index (κ3) is 5.91. The molecule has 0 aromatic heterocycles. The number of amides is 1. The Morgan fingerprint density at radius 1 is 1.14 bits per heavy atom. The summed E-state index contributed by atoms with van der Waals surface area (Å²) >= 11 is 7.49. The molecule has 1 amide bonds. The minimum absolute atomic E-state index is 0.0637. The van der Waals surface area contributed by atoms with Crippen molar-refractivity contribution in [1.82, 2.24) is 5.32 Å². The number of carbonyl (C=O) groups is 1. The number of nitrogens with one attached hydrogen (secondary N) is 1. The van der Waals surface area contributed by atoms with E-state index >= 15 is 0 Å². The largest absolute Gasteiger partial charge is 0.352 e. The first-order chi connectivity index (χ1) is 9.85. The van der Waals surface area contributed by atoms with Crippen LogP contribution < -0.4 is 5.32 Å². The van der Waals surface area contributed by atoms with E-state index in [1.54, 1.807) is 11.8 Å². The number of hydrogen-bond donors (Lipinski definition) is 1. The number of hydrogen-bond acceptors (Lipinski definition) is 2. The normalized spacial score (nSPS) is 13.0. The van der Waals surface area contributed by atoms with Gasteiger partial charge in [-0.3, -0.25) is 4.79 Å². The van der Waals surface area contributed by atoms with Crippen molar-refractivity contribution in [2.45, 2.75) is 57.2 Å². The van der Waals surface area contributed by atoms with Gasteiger partial charge in [0.15, 0.2) is 0 Å². The fraction of sp³-hybridized carbons (Fsp3) is 0.588. The molecular formula is C17H26ClNOS. The summed E-state index contributed by atoms with van der Waals surface area (Å²) in [7, 11) is 0. The minimum atomic E-state index is -0.0637. The first-order valence-corrected chi connectivity index (χ1v) is 8.83. The molecule has 0 spiro atoms. The molecule has 2 nitrogen and oxygen atoms in total. The van der Waals surface area contributed by atoms with Crippen molar-refractivity contribution in [3.8, 4) is 0 Å². The lowest BCUT2D eigenvalue weighted by atomic mass is 9.93. The highest BCUT2D eigenvalue weighted by Crippen LogP contribution is 2.27. The van der Waals surface area contributed by atoms with Gasteiger partial charge in [0, 0.05) is 16.0 Å². The van der Waals surface area contributed by atoms with Gasteiger partial charge in [0.1, 0.15) is 0 Å². The summed E-state index contributed by atoms with van der Waals surface area (Å²) in [6.45, 7) is 10.7. The molecule has 1 atom stereocenters. The molecular weight excluding hydrogens is 302 g/mol. The van der Waals surface area contributed by atoms with Gasteiger partial charge in [0.05, 0.1) is 5.25 Å². The highest BCUT2D eigenvalue weighted by Gasteiger charge is 2.24. The zero-order chi connectivity index (χ0) is 16.0. The summed E-state index contributed by atoms with van der Waals surface area (Å²) in [5.41, 5.74) is 0. The number of thioether (sulfide) groups is 1. The first kappa shape index (κ1) is 18.4. The van der Waals surface area contributed by atoms with Crippen molar-refractivity contribution in [2.75, 3.05) is 0 Å². The third-order valence-corrected chi connectivity index (χ3v) is 5.13. The Morgan fingerprint density at radius 3 is 2.10 bits per heavy atom. The zero-order valence-corrected chi connectivity index (χ0v) is 15.1. The van der Waals surface area contributed by atoms with Gasteiger partial charge in [0.25, 0.3) is 0 Å². The van der Waals surface area contributed by atoms with Crippen LogP contribution in [0.5, 0.6) is 0 Å². The molecule has 0 saturated heterocycles. The molecule has 0 aliphatic heterocycles. The average Bonchev–Trinajstić information content (AvgIpc) is 2.43. The van der Waals surface area contributed by atoms with Crippen LogP contribution in [0.15, 0.2) is 29.2 Å². The molecule has 0 heterocycles. The van der Waals surface area contributed by atoms with E-state index in [4.69, 9.17) is 11.6 Å². The Balaban J connectivity index is 2.70. The van der Waals surface area contributed by atoms with Crippen molar-refractivity contribution < 1.29 is 4.79 Å². The Bertz CT molecular complexity index is 437. The van der Waals surface area contributed by atoms with Gasteiger partial charge in [0.2, 0.25) is 5.91 Å². The van der Waals surface area contributed by atoms with E-state index in [-0.39, 0.29) is 17.2 Å². The van der Waals surface area contributed by atoms with Crippen LogP contribution in [0.2, 0.25) is 5.02 Å². The molecule has 0 radical (unpaired) electrons. The number of rotatable bonds is 7. The van der Waals surface area contributed by atoms with Gasteiger partial charge >= 0.3 is 0 Å². The lowest BCUT2D eigenvalue weighted by Crippen LogP contribution is -2.45. The van der Waals surface area contributed by atoms with E-state index in [0.717, 1.165) is 16.3 Å². The van der Waals surface area contributed by atoms with Crippen molar-refractivity contribution in [2.24, 2.45) is 11.8 Å². The quantitative estimate of drug-likeness (QED) is 0.713. The van der Waals surface area contributed by atoms with E-state index in [9.17, 15) is 4.79 Å². The molecule has 1 N–H and O–H groups in total. The van der Waals surface area contributed by atoms with Crippen LogP contribution in [-0.2, 0) is 4.79 Å². The van der Waals surface area contributed by atoms with Crippen LogP contribution in [0.25, 0.3) is 0 Å². The predicted octanol–water partition coefficient (Wildman–Crippen LogP) is 5.01. The van der Waals surface area contributed by atoms with Gasteiger partial charge in [-0.15, -0.1) is 11.8 Å². The smallest absolute Gasteiger partial charge is 0.233 e. The van der Waals surface area contributed by atoms with Crippen LogP contribution in [0.3, 0.4) is 0 Å². The van der Waals surface area contributed by atoms with Gasteiger partial charge in [-0.1, -0.05) is 46.2 Å². The van der Waals surface area contributed by atoms with Gasteiger partial charge < -0.3 is 5.32 Å². The van der Waals surface area contributed by atoms with Crippen LogP contribution in [0, 0.1) is 11.8 Å². The molecule has 0 unspecified atom stereocenters. The topological polar surface area (TPSA) is 29.1 Å². The molecule has 0 fully saturated rings. The first-order valence-electron chi connectivity index (χ1n) is 7.57. The minimum Gasteiger partial charge on any atom is -0.352 e. The maximum atomic E-state index is 12.5. The summed E-state index contributed by atoms with van der Waals surface area (Å²) in [5.74, 6) is 1.00. The second-order valence-electron chi connectivity index (χ2n) is 5.99. The fourth-order valence-corrected chi connectivity index (χ4v) is 3.45. The SMILES string of the molecule is CC[C@H](Sc1ccc(Cl)cc1)C(=O)NC(C(C)C)C(C)C. The molecule has 1 rings (SSSR count). The lowest BCUT2D eigenvalue weighted by Gasteiger charge is -2.28. The number of carbonyl (C=O) groups excluding carboxylic acids is 1. The van der Waals surface area contributed by atoms with Crippen LogP contribution in [0.4, 0.5) is 0 Å². The highest BCUT2D eigenvalue weighted by atomic mass is 35.5. The zero-order valence-electron chi connectivity index (χ0n) is 13.5. The van der Waals surface area contributed by atoms with Gasteiger partial charge in [-0.05, 0) is 42.5 Å². The standard InChI is InChI=1S/C17H26ClNOS/c1-6-15(21-14-9-7-13(18)8-10-14)17(20)19-16(11(2)3)12(4)5/h7-12,15-16H,6H2,1-5H3,(H,19,20)/t15-/m0/s1. The maximum absolute atomic E-state index is 12.5. The summed E-state index contributed by atoms with van der Waals surface area (Å²) in [4.78, 5) is 13.6. The molecule has 4 heteroatoms. The van der Waals surface area contributed by atoms with Crippen LogP contribution >= 0.6 is 23.4 Å². The average molecular weight is 328 g/mol. The van der Waals surface area contributed by atoms with Crippen molar-refractivity contribution >= 4 is 29.3 Å². The molecule has 0 saturated carbocycles. The summed E-state index contributed by atoms with van der Waals surface area (Å²) in [6, 6.07) is 7.87. The van der Waals surface area contributed by atoms with E-state index in [2.05, 4.69) is 33.0 Å². The van der Waals surface area contributed by atoms with Crippen molar-refractivity contribution in [1.29, 1.82) is 0 Å². The van der Waals surface area contributed by atoms with E-state index < -0.39 is 0 Å². The van der Waals surface area contributed by atoms with E-state index in [0.29, 0.717) is 11.8 Å². The maximum Gasteiger partial charge on any atom is 0.233 e. The Morgan fingerprint density at radius 2 is 1.67 bits per heavy atom. The predicted molar refractivity (Wildman–Crippen MR) is 93.0 cm³/mol. The Hall–Kier alpha value is -0.670. The lowest BCUT2D eigenvalue weighted by molar-refractivity contribution is -0.122. The molecule has 21 heavy (non-hydrogen) atoms. The summed E-state index contributed by atoms with van der Waals surface area (Å²) < 4.78 is 0. The van der Waals surface area contributed by atoms with Crippen molar-refractivity contribution in [3.63, 3.8) is 0 Å². The number of benzene rings is 1.